The fourth-order valence-corrected chi connectivity index (χ4v) is 3.14. The first-order valence-electron chi connectivity index (χ1n) is 7.53. The van der Waals surface area contributed by atoms with Gasteiger partial charge in [-0.2, -0.15) is 0 Å². The third-order valence-electron chi connectivity index (χ3n) is 3.68. The van der Waals surface area contributed by atoms with Crippen LogP contribution in [0.25, 0.3) is 0 Å². The third kappa shape index (κ3) is 4.52. The Bertz CT molecular complexity index is 924. The van der Waals surface area contributed by atoms with Crippen LogP contribution in [0.1, 0.15) is 21.5 Å². The van der Waals surface area contributed by atoms with Crippen LogP contribution in [0.5, 0.6) is 0 Å². The number of carbonyl (C=O) groups excluding carboxylic acids is 1. The predicted octanol–water partition coefficient (Wildman–Crippen LogP) is 3.16. The van der Waals surface area contributed by atoms with Gasteiger partial charge in [0.05, 0.1) is 10.5 Å². The summed E-state index contributed by atoms with van der Waals surface area (Å²) in [5.41, 5.74) is 2.19. The Labute approximate surface area is 146 Å². The minimum atomic E-state index is -3.85. The standard InChI is InChI=1S/C18H19FN2O3S/c1-4-9-20-25(23,24)15-7-8-17(19)16(11-15)18(22)21-14-6-5-12(2)13(3)10-14/h4-8,10-11,20H,1,9H2,2-3H3,(H,21,22). The van der Waals surface area contributed by atoms with Gasteiger partial charge in [0, 0.05) is 12.2 Å². The van der Waals surface area contributed by atoms with Gasteiger partial charge < -0.3 is 5.32 Å². The minimum absolute atomic E-state index is 0.0316. The first-order chi connectivity index (χ1) is 11.7. The van der Waals surface area contributed by atoms with E-state index < -0.39 is 21.7 Å². The van der Waals surface area contributed by atoms with Crippen molar-refractivity contribution < 1.29 is 17.6 Å². The molecular formula is C18H19FN2O3S. The van der Waals surface area contributed by atoms with Crippen molar-refractivity contribution in [2.24, 2.45) is 0 Å². The second kappa shape index (κ2) is 7.58. The van der Waals surface area contributed by atoms with Crippen molar-refractivity contribution in [3.8, 4) is 0 Å². The first-order valence-corrected chi connectivity index (χ1v) is 9.01. The SMILES string of the molecule is C=CCNS(=O)(=O)c1ccc(F)c(C(=O)Nc2ccc(C)c(C)c2)c1. The molecule has 1 amide bonds. The van der Waals surface area contributed by atoms with E-state index in [-0.39, 0.29) is 17.0 Å². The Hall–Kier alpha value is -2.51. The molecule has 25 heavy (non-hydrogen) atoms. The van der Waals surface area contributed by atoms with Crippen LogP contribution in [0.4, 0.5) is 10.1 Å². The van der Waals surface area contributed by atoms with E-state index in [4.69, 9.17) is 0 Å². The predicted molar refractivity (Wildman–Crippen MR) is 95.7 cm³/mol. The number of rotatable bonds is 6. The summed E-state index contributed by atoms with van der Waals surface area (Å²) in [5, 5.41) is 2.58. The van der Waals surface area contributed by atoms with E-state index >= 15 is 0 Å². The number of benzene rings is 2. The lowest BCUT2D eigenvalue weighted by molar-refractivity contribution is 0.102. The van der Waals surface area contributed by atoms with Gasteiger partial charge in [0.25, 0.3) is 5.91 Å². The average molecular weight is 362 g/mol. The molecule has 5 nitrogen and oxygen atoms in total. The van der Waals surface area contributed by atoms with Crippen LogP contribution in [0.3, 0.4) is 0 Å². The number of sulfonamides is 1. The molecule has 7 heteroatoms. The van der Waals surface area contributed by atoms with E-state index in [0.717, 1.165) is 29.3 Å². The number of amides is 1. The van der Waals surface area contributed by atoms with Gasteiger partial charge in [-0.3, -0.25) is 4.79 Å². The molecule has 0 saturated heterocycles. The fourth-order valence-electron chi connectivity index (χ4n) is 2.12. The fraction of sp³-hybridized carbons (Fsp3) is 0.167. The normalized spacial score (nSPS) is 11.2. The summed E-state index contributed by atoms with van der Waals surface area (Å²) in [5.74, 6) is -1.52. The highest BCUT2D eigenvalue weighted by Gasteiger charge is 2.19. The van der Waals surface area contributed by atoms with Crippen molar-refractivity contribution in [1.82, 2.24) is 4.72 Å². The molecule has 0 heterocycles. The van der Waals surface area contributed by atoms with Crippen LogP contribution >= 0.6 is 0 Å². The molecule has 0 spiro atoms. The van der Waals surface area contributed by atoms with Crippen molar-refractivity contribution in [2.75, 3.05) is 11.9 Å². The highest BCUT2D eigenvalue weighted by Crippen LogP contribution is 2.19. The van der Waals surface area contributed by atoms with Crippen molar-refractivity contribution in [1.29, 1.82) is 0 Å². The smallest absolute Gasteiger partial charge is 0.258 e. The number of aryl methyl sites for hydroxylation is 2. The minimum Gasteiger partial charge on any atom is -0.322 e. The highest BCUT2D eigenvalue weighted by atomic mass is 32.2. The van der Waals surface area contributed by atoms with E-state index in [0.29, 0.717) is 5.69 Å². The topological polar surface area (TPSA) is 75.3 Å². The van der Waals surface area contributed by atoms with Crippen molar-refractivity contribution in [2.45, 2.75) is 18.7 Å². The summed E-state index contributed by atoms with van der Waals surface area (Å²) in [6, 6.07) is 8.37. The second-order valence-corrected chi connectivity index (χ2v) is 7.30. The Balaban J connectivity index is 2.31. The summed E-state index contributed by atoms with van der Waals surface area (Å²) in [6.07, 6.45) is 1.38. The van der Waals surface area contributed by atoms with Crippen LogP contribution in [0.2, 0.25) is 0 Å². The van der Waals surface area contributed by atoms with Crippen LogP contribution in [0, 0.1) is 19.7 Å². The Morgan fingerprint density at radius 2 is 1.88 bits per heavy atom. The molecule has 2 aromatic carbocycles. The Kier molecular flexibility index (Phi) is 5.71. The van der Waals surface area contributed by atoms with E-state index in [1.54, 1.807) is 12.1 Å². The Morgan fingerprint density at radius 1 is 1.16 bits per heavy atom. The molecular weight excluding hydrogens is 343 g/mol. The molecule has 0 aromatic heterocycles. The summed E-state index contributed by atoms with van der Waals surface area (Å²) in [6.45, 7) is 7.29. The molecule has 2 aromatic rings. The van der Waals surface area contributed by atoms with Crippen LogP contribution in [-0.2, 0) is 10.0 Å². The van der Waals surface area contributed by atoms with Gasteiger partial charge in [-0.25, -0.2) is 17.5 Å². The number of hydrogen-bond acceptors (Lipinski definition) is 3. The van der Waals surface area contributed by atoms with Crippen molar-refractivity contribution in [3.05, 3.63) is 71.6 Å². The third-order valence-corrected chi connectivity index (χ3v) is 5.10. The molecule has 0 radical (unpaired) electrons. The largest absolute Gasteiger partial charge is 0.322 e. The number of carbonyl (C=O) groups is 1. The molecule has 0 fully saturated rings. The quantitative estimate of drug-likeness (QED) is 0.775. The molecule has 0 saturated carbocycles. The van der Waals surface area contributed by atoms with Gasteiger partial charge in [0.2, 0.25) is 10.0 Å². The van der Waals surface area contributed by atoms with E-state index in [9.17, 15) is 17.6 Å². The molecule has 0 unspecified atom stereocenters. The molecule has 132 valence electrons. The van der Waals surface area contributed by atoms with E-state index in [2.05, 4.69) is 16.6 Å². The van der Waals surface area contributed by atoms with Crippen LogP contribution in [0.15, 0.2) is 53.9 Å². The first kappa shape index (κ1) is 18.8. The molecule has 0 atom stereocenters. The summed E-state index contributed by atoms with van der Waals surface area (Å²) < 4.78 is 40.5. The van der Waals surface area contributed by atoms with Crippen molar-refractivity contribution >= 4 is 21.6 Å². The summed E-state index contributed by atoms with van der Waals surface area (Å²) in [4.78, 5) is 12.1. The lowest BCUT2D eigenvalue weighted by Crippen LogP contribution is -2.24. The van der Waals surface area contributed by atoms with Gasteiger partial charge in [0.15, 0.2) is 0 Å². The number of halogens is 1. The molecule has 0 aliphatic carbocycles. The zero-order chi connectivity index (χ0) is 18.6. The maximum Gasteiger partial charge on any atom is 0.258 e. The molecule has 0 aliphatic rings. The summed E-state index contributed by atoms with van der Waals surface area (Å²) >= 11 is 0. The van der Waals surface area contributed by atoms with Gasteiger partial charge in [0.1, 0.15) is 5.82 Å². The summed E-state index contributed by atoms with van der Waals surface area (Å²) in [7, 11) is -3.85. The zero-order valence-corrected chi connectivity index (χ0v) is 14.8. The molecule has 2 rings (SSSR count). The van der Waals surface area contributed by atoms with Crippen molar-refractivity contribution in [3.63, 3.8) is 0 Å². The van der Waals surface area contributed by atoms with Crippen LogP contribution in [-0.4, -0.2) is 20.9 Å². The molecule has 2 N–H and O–H groups in total. The van der Waals surface area contributed by atoms with Gasteiger partial charge in [-0.05, 0) is 55.3 Å². The zero-order valence-electron chi connectivity index (χ0n) is 14.0. The lowest BCUT2D eigenvalue weighted by atomic mass is 10.1. The van der Waals surface area contributed by atoms with E-state index in [1.807, 2.05) is 19.9 Å². The average Bonchev–Trinajstić information content (AvgIpc) is 2.56. The number of hydrogen-bond donors (Lipinski definition) is 2. The highest BCUT2D eigenvalue weighted by molar-refractivity contribution is 7.89. The van der Waals surface area contributed by atoms with Crippen LogP contribution < -0.4 is 10.0 Å². The number of nitrogens with one attached hydrogen (secondary N) is 2. The number of anilines is 1. The maximum atomic E-state index is 14.0. The molecule has 0 aliphatic heterocycles. The maximum absolute atomic E-state index is 14.0. The second-order valence-electron chi connectivity index (χ2n) is 5.54. The Morgan fingerprint density at radius 3 is 2.52 bits per heavy atom. The lowest BCUT2D eigenvalue weighted by Gasteiger charge is -2.10. The monoisotopic (exact) mass is 362 g/mol. The van der Waals surface area contributed by atoms with Gasteiger partial charge in [-0.15, -0.1) is 6.58 Å². The molecule has 0 bridgehead atoms. The van der Waals surface area contributed by atoms with Gasteiger partial charge >= 0.3 is 0 Å². The van der Waals surface area contributed by atoms with E-state index in [1.165, 1.54) is 6.08 Å². The van der Waals surface area contributed by atoms with Gasteiger partial charge in [-0.1, -0.05) is 12.1 Å².